The average molecular weight is 600 g/mol. The van der Waals surface area contributed by atoms with E-state index >= 15 is 0 Å². The second-order valence-corrected chi connectivity index (χ2v) is 12.4. The minimum absolute atomic E-state index is 0.926. The molecule has 0 spiro atoms. The predicted molar refractivity (Wildman–Crippen MR) is 197 cm³/mol. The number of aromatic nitrogens is 3. The number of para-hydroxylation sites is 3. The monoisotopic (exact) mass is 599 g/mol. The molecule has 7 aromatic carbocycles. The van der Waals surface area contributed by atoms with Gasteiger partial charge in [-0.1, -0.05) is 121 Å². The maximum Gasteiger partial charge on any atom is 0.145 e. The largest absolute Gasteiger partial charge is 0.309 e. The van der Waals surface area contributed by atoms with Crippen molar-refractivity contribution in [3.8, 4) is 33.9 Å². The van der Waals surface area contributed by atoms with Crippen molar-refractivity contribution in [1.82, 2.24) is 14.1 Å². The molecule has 3 nitrogen and oxygen atoms in total. The third-order valence-corrected chi connectivity index (χ3v) is 9.67. The number of imidazole rings is 1. The zero-order chi connectivity index (χ0) is 30.9. The molecule has 220 valence electrons. The zero-order valence-electron chi connectivity index (χ0n) is 25.6. The molecule has 0 saturated heterocycles. The Morgan fingerprint density at radius 2 is 1.19 bits per heavy atom. The minimum Gasteiger partial charge on any atom is -0.309 e. The summed E-state index contributed by atoms with van der Waals surface area (Å²) in [5, 5.41) is 5.29. The summed E-state index contributed by atoms with van der Waals surface area (Å²) in [6, 6.07) is 54.6. The molecule has 2 aromatic heterocycles. The van der Waals surface area contributed by atoms with Gasteiger partial charge in [-0.15, -0.1) is 0 Å². The van der Waals surface area contributed by atoms with Gasteiger partial charge < -0.3 is 4.57 Å². The SMILES string of the molecule is C1=Cc2cccc3cc4c(c(c23)C1)c1ccccc1n4-c1cc(-c2ccccc2)cc(-n2c(-c3ccccc3)nc3ccccc32)c1. The Bertz CT molecular complexity index is 2690. The van der Waals surface area contributed by atoms with Crippen LogP contribution in [0.5, 0.6) is 0 Å². The van der Waals surface area contributed by atoms with Crippen LogP contribution in [0.2, 0.25) is 0 Å². The first-order valence-corrected chi connectivity index (χ1v) is 16.2. The molecule has 47 heavy (non-hydrogen) atoms. The van der Waals surface area contributed by atoms with Crippen LogP contribution >= 0.6 is 0 Å². The molecule has 10 rings (SSSR count). The average Bonchev–Trinajstić information content (AvgIpc) is 3.69. The number of allylic oxidation sites excluding steroid dienone is 1. The summed E-state index contributed by atoms with van der Waals surface area (Å²) < 4.78 is 4.80. The lowest BCUT2D eigenvalue weighted by atomic mass is 9.90. The number of nitrogens with zero attached hydrogens (tertiary/aromatic N) is 3. The van der Waals surface area contributed by atoms with Crippen LogP contribution in [0, 0.1) is 0 Å². The van der Waals surface area contributed by atoms with E-state index in [1.807, 2.05) is 0 Å². The number of hydrogen-bond donors (Lipinski definition) is 0. The van der Waals surface area contributed by atoms with Gasteiger partial charge in [0, 0.05) is 22.0 Å². The van der Waals surface area contributed by atoms with Gasteiger partial charge >= 0.3 is 0 Å². The number of hydrogen-bond acceptors (Lipinski definition) is 1. The van der Waals surface area contributed by atoms with Gasteiger partial charge in [0.15, 0.2) is 0 Å². The van der Waals surface area contributed by atoms with Gasteiger partial charge in [0.05, 0.1) is 27.8 Å². The Morgan fingerprint density at radius 1 is 0.489 bits per heavy atom. The number of benzene rings is 7. The summed E-state index contributed by atoms with van der Waals surface area (Å²) in [4.78, 5) is 5.18. The molecule has 0 saturated carbocycles. The molecule has 0 unspecified atom stereocenters. The van der Waals surface area contributed by atoms with Crippen molar-refractivity contribution in [3.05, 3.63) is 169 Å². The van der Waals surface area contributed by atoms with E-state index in [0.717, 1.165) is 45.8 Å². The molecule has 0 radical (unpaired) electrons. The lowest BCUT2D eigenvalue weighted by Gasteiger charge is -2.18. The normalized spacial score (nSPS) is 12.5. The van der Waals surface area contributed by atoms with E-state index in [2.05, 4.69) is 173 Å². The summed E-state index contributed by atoms with van der Waals surface area (Å²) in [7, 11) is 0. The molecule has 1 aliphatic carbocycles. The second-order valence-electron chi connectivity index (χ2n) is 12.4. The van der Waals surface area contributed by atoms with E-state index in [1.165, 1.54) is 49.3 Å². The van der Waals surface area contributed by atoms with Gasteiger partial charge in [-0.25, -0.2) is 4.98 Å². The lowest BCUT2D eigenvalue weighted by molar-refractivity contribution is 1.09. The lowest BCUT2D eigenvalue weighted by Crippen LogP contribution is -2.02. The molecule has 0 amide bonds. The van der Waals surface area contributed by atoms with E-state index in [1.54, 1.807) is 0 Å². The molecule has 0 atom stereocenters. The fraction of sp³-hybridized carbons (Fsp3) is 0.0227. The summed E-state index contributed by atoms with van der Waals surface area (Å²) in [5.41, 5.74) is 12.8. The fourth-order valence-electron chi connectivity index (χ4n) is 7.69. The van der Waals surface area contributed by atoms with E-state index in [4.69, 9.17) is 4.98 Å². The van der Waals surface area contributed by atoms with Crippen LogP contribution in [0.15, 0.2) is 158 Å². The predicted octanol–water partition coefficient (Wildman–Crippen LogP) is 11.2. The molecule has 9 aromatic rings. The molecule has 2 heterocycles. The highest BCUT2D eigenvalue weighted by Gasteiger charge is 2.22. The van der Waals surface area contributed by atoms with Gasteiger partial charge in [-0.2, -0.15) is 0 Å². The standard InChI is InChI=1S/C44H29N3/c1-3-13-29(14-4-1)33-25-34(28-35(26-33)47-40-24-10-8-22-38(40)45-44(47)31-15-5-2-6-16-31)46-39-23-9-7-20-36(39)43-37-21-12-18-30-17-11-19-32(42(30)37)27-41(43)46/h1-20,22-28H,21H2. The van der Waals surface area contributed by atoms with Crippen LogP contribution in [-0.2, 0) is 6.42 Å². The Hall–Kier alpha value is -6.19. The third kappa shape index (κ3) is 3.96. The summed E-state index contributed by atoms with van der Waals surface area (Å²) in [5.74, 6) is 0.930. The van der Waals surface area contributed by atoms with Crippen molar-refractivity contribution >= 4 is 49.7 Å². The first-order valence-electron chi connectivity index (χ1n) is 16.2. The Kier molecular flexibility index (Phi) is 5.64. The molecule has 0 aliphatic heterocycles. The van der Waals surface area contributed by atoms with Crippen LogP contribution < -0.4 is 0 Å². The van der Waals surface area contributed by atoms with E-state index < -0.39 is 0 Å². The maximum atomic E-state index is 5.18. The van der Waals surface area contributed by atoms with Crippen molar-refractivity contribution in [2.45, 2.75) is 6.42 Å². The van der Waals surface area contributed by atoms with Crippen molar-refractivity contribution in [2.75, 3.05) is 0 Å². The van der Waals surface area contributed by atoms with Gasteiger partial charge in [0.25, 0.3) is 0 Å². The molecule has 0 bridgehead atoms. The highest BCUT2D eigenvalue weighted by molar-refractivity contribution is 6.17. The first-order chi connectivity index (χ1) is 23.3. The highest BCUT2D eigenvalue weighted by Crippen LogP contribution is 2.42. The topological polar surface area (TPSA) is 22.8 Å². The zero-order valence-corrected chi connectivity index (χ0v) is 25.6. The second kappa shape index (κ2) is 10.2. The summed E-state index contributed by atoms with van der Waals surface area (Å²) in [6.45, 7) is 0. The van der Waals surface area contributed by atoms with Crippen LogP contribution in [0.4, 0.5) is 0 Å². The van der Waals surface area contributed by atoms with Crippen LogP contribution in [0.1, 0.15) is 11.1 Å². The molecular formula is C44H29N3. The van der Waals surface area contributed by atoms with E-state index in [0.29, 0.717) is 0 Å². The summed E-state index contributed by atoms with van der Waals surface area (Å²) >= 11 is 0. The van der Waals surface area contributed by atoms with Gasteiger partial charge in [0.1, 0.15) is 5.82 Å². The van der Waals surface area contributed by atoms with Crippen LogP contribution in [0.3, 0.4) is 0 Å². The van der Waals surface area contributed by atoms with E-state index in [-0.39, 0.29) is 0 Å². The van der Waals surface area contributed by atoms with Crippen molar-refractivity contribution < 1.29 is 0 Å². The first kappa shape index (κ1) is 26.1. The Labute approximate surface area is 272 Å². The molecule has 1 aliphatic rings. The maximum absolute atomic E-state index is 5.18. The van der Waals surface area contributed by atoms with Gasteiger partial charge in [-0.3, -0.25) is 4.57 Å². The van der Waals surface area contributed by atoms with Gasteiger partial charge in [-0.05, 0) is 81.9 Å². The van der Waals surface area contributed by atoms with E-state index in [9.17, 15) is 0 Å². The Balaban J connectivity index is 1.33. The quantitative estimate of drug-likeness (QED) is 0.197. The third-order valence-electron chi connectivity index (χ3n) is 9.67. The van der Waals surface area contributed by atoms with Crippen LogP contribution in [-0.4, -0.2) is 14.1 Å². The molecule has 0 N–H and O–H groups in total. The molecule has 0 fully saturated rings. The van der Waals surface area contributed by atoms with Crippen molar-refractivity contribution in [3.63, 3.8) is 0 Å². The van der Waals surface area contributed by atoms with Crippen molar-refractivity contribution in [2.24, 2.45) is 0 Å². The van der Waals surface area contributed by atoms with Gasteiger partial charge in [0.2, 0.25) is 0 Å². The number of rotatable bonds is 4. The molecular weight excluding hydrogens is 571 g/mol. The highest BCUT2D eigenvalue weighted by atomic mass is 15.1. The van der Waals surface area contributed by atoms with Crippen LogP contribution in [0.25, 0.3) is 83.6 Å². The fourth-order valence-corrected chi connectivity index (χ4v) is 7.69. The summed E-state index contributed by atoms with van der Waals surface area (Å²) in [6.07, 6.45) is 5.51. The Morgan fingerprint density at radius 3 is 2.02 bits per heavy atom. The number of fused-ring (bicyclic) bond motifs is 5. The minimum atomic E-state index is 0.926. The smallest absolute Gasteiger partial charge is 0.145 e. The molecule has 3 heteroatoms. The van der Waals surface area contributed by atoms with Crippen molar-refractivity contribution in [1.29, 1.82) is 0 Å².